The van der Waals surface area contributed by atoms with Gasteiger partial charge in [-0.15, -0.1) is 0 Å². The molecule has 0 bridgehead atoms. The van der Waals surface area contributed by atoms with Gasteiger partial charge in [0, 0.05) is 12.6 Å². The zero-order chi connectivity index (χ0) is 15.6. The molecule has 2 unspecified atom stereocenters. The number of carbonyl (C=O) groups excluding carboxylic acids is 1. The number of nitrogens with one attached hydrogen (secondary N) is 1. The van der Waals surface area contributed by atoms with Crippen LogP contribution in [0.1, 0.15) is 37.8 Å². The number of carbonyl (C=O) groups is 1. The van der Waals surface area contributed by atoms with Crippen LogP contribution in [0, 0.1) is 12.8 Å². The Morgan fingerprint density at radius 1 is 1.43 bits per heavy atom. The Kier molecular flexibility index (Phi) is 4.57. The third-order valence-corrected chi connectivity index (χ3v) is 4.65. The molecule has 0 saturated heterocycles. The molecule has 0 spiro atoms. The van der Waals surface area contributed by atoms with Crippen LogP contribution in [0.25, 0.3) is 0 Å². The third-order valence-electron chi connectivity index (χ3n) is 4.65. The zero-order valence-electron chi connectivity index (χ0n) is 13.3. The van der Waals surface area contributed by atoms with Gasteiger partial charge in [-0.25, -0.2) is 0 Å². The molecule has 116 valence electrons. The average molecular weight is 291 g/mol. The quantitative estimate of drug-likeness (QED) is 0.844. The van der Waals surface area contributed by atoms with E-state index in [1.165, 1.54) is 0 Å². The molecule has 0 aromatic heterocycles. The summed E-state index contributed by atoms with van der Waals surface area (Å²) in [6, 6.07) is 5.96. The average Bonchev–Trinajstić information content (AvgIpc) is 3.28. The van der Waals surface area contributed by atoms with Crippen LogP contribution in [0.4, 0.5) is 0 Å². The third kappa shape index (κ3) is 3.05. The molecule has 1 fully saturated rings. The second kappa shape index (κ2) is 6.06. The van der Waals surface area contributed by atoms with Crippen molar-refractivity contribution in [2.24, 2.45) is 5.92 Å². The minimum Gasteiger partial charge on any atom is -0.496 e. The molecule has 1 aromatic rings. The normalized spacial score (nSPS) is 18.7. The maximum absolute atomic E-state index is 12.6. The number of benzene rings is 1. The van der Waals surface area contributed by atoms with Crippen molar-refractivity contribution in [2.75, 3.05) is 13.7 Å². The fourth-order valence-electron chi connectivity index (χ4n) is 2.53. The molecule has 1 saturated carbocycles. The summed E-state index contributed by atoms with van der Waals surface area (Å²) in [7, 11) is 1.65. The van der Waals surface area contributed by atoms with Gasteiger partial charge in [-0.1, -0.05) is 19.1 Å². The van der Waals surface area contributed by atoms with E-state index in [0.29, 0.717) is 0 Å². The molecule has 1 amide bonds. The van der Waals surface area contributed by atoms with Gasteiger partial charge in [0.15, 0.2) is 0 Å². The molecule has 1 aliphatic carbocycles. The SMILES string of the molecule is COc1cc(C2(C(=O)NC(C)C(C)CO)CC2)ccc1C. The van der Waals surface area contributed by atoms with Gasteiger partial charge >= 0.3 is 0 Å². The van der Waals surface area contributed by atoms with Gasteiger partial charge in [-0.2, -0.15) is 0 Å². The van der Waals surface area contributed by atoms with E-state index in [1.807, 2.05) is 39.0 Å². The second-order valence-corrected chi connectivity index (χ2v) is 6.19. The first kappa shape index (κ1) is 15.8. The Morgan fingerprint density at radius 2 is 2.10 bits per heavy atom. The number of aliphatic hydroxyl groups is 1. The summed E-state index contributed by atoms with van der Waals surface area (Å²) in [5, 5.41) is 12.2. The Morgan fingerprint density at radius 3 is 2.62 bits per heavy atom. The highest BCUT2D eigenvalue weighted by Gasteiger charge is 2.51. The predicted octanol–water partition coefficient (Wildman–Crippen LogP) is 2.17. The lowest BCUT2D eigenvalue weighted by atomic mass is 9.92. The lowest BCUT2D eigenvalue weighted by Crippen LogP contribution is -2.43. The van der Waals surface area contributed by atoms with Crippen molar-refractivity contribution < 1.29 is 14.6 Å². The van der Waals surface area contributed by atoms with E-state index in [2.05, 4.69) is 5.32 Å². The predicted molar refractivity (Wildman–Crippen MR) is 82.5 cm³/mol. The molecule has 0 heterocycles. The number of methoxy groups -OCH3 is 1. The van der Waals surface area contributed by atoms with E-state index in [4.69, 9.17) is 4.74 Å². The van der Waals surface area contributed by atoms with Crippen LogP contribution in [-0.4, -0.2) is 30.8 Å². The minimum atomic E-state index is -0.412. The fraction of sp³-hybridized carbons (Fsp3) is 0.588. The highest BCUT2D eigenvalue weighted by atomic mass is 16.5. The summed E-state index contributed by atoms with van der Waals surface area (Å²) in [4.78, 5) is 12.6. The smallest absolute Gasteiger partial charge is 0.230 e. The van der Waals surface area contributed by atoms with Gasteiger partial charge in [0.1, 0.15) is 5.75 Å². The maximum atomic E-state index is 12.6. The van der Waals surface area contributed by atoms with Crippen molar-refractivity contribution in [3.8, 4) is 5.75 Å². The standard InChI is InChI=1S/C17H25NO3/c1-11-5-6-14(9-15(11)21-4)17(7-8-17)16(20)18-13(3)12(2)10-19/h5-6,9,12-13,19H,7-8,10H2,1-4H3,(H,18,20). The van der Waals surface area contributed by atoms with E-state index in [1.54, 1.807) is 7.11 Å². The van der Waals surface area contributed by atoms with Crippen molar-refractivity contribution in [3.05, 3.63) is 29.3 Å². The molecular formula is C17H25NO3. The number of aliphatic hydroxyl groups excluding tert-OH is 1. The molecular weight excluding hydrogens is 266 g/mol. The number of aryl methyl sites for hydroxylation is 1. The van der Waals surface area contributed by atoms with Crippen molar-refractivity contribution in [3.63, 3.8) is 0 Å². The second-order valence-electron chi connectivity index (χ2n) is 6.19. The topological polar surface area (TPSA) is 58.6 Å². The lowest BCUT2D eigenvalue weighted by Gasteiger charge is -2.23. The molecule has 0 radical (unpaired) electrons. The monoisotopic (exact) mass is 291 g/mol. The van der Waals surface area contributed by atoms with Gasteiger partial charge < -0.3 is 15.2 Å². The van der Waals surface area contributed by atoms with Crippen LogP contribution in [-0.2, 0) is 10.2 Å². The zero-order valence-corrected chi connectivity index (χ0v) is 13.3. The largest absolute Gasteiger partial charge is 0.496 e. The first-order valence-corrected chi connectivity index (χ1v) is 7.51. The van der Waals surface area contributed by atoms with Gasteiger partial charge in [0.25, 0.3) is 0 Å². The molecule has 1 aromatic carbocycles. The number of hydrogen-bond acceptors (Lipinski definition) is 3. The highest BCUT2D eigenvalue weighted by molar-refractivity contribution is 5.91. The molecule has 0 aliphatic heterocycles. The molecule has 4 nitrogen and oxygen atoms in total. The van der Waals surface area contributed by atoms with Crippen molar-refractivity contribution in [2.45, 2.75) is 45.1 Å². The van der Waals surface area contributed by atoms with Crippen LogP contribution in [0.2, 0.25) is 0 Å². The minimum absolute atomic E-state index is 0.0349. The van der Waals surface area contributed by atoms with Gasteiger partial charge in [-0.05, 0) is 49.8 Å². The Hall–Kier alpha value is -1.55. The first-order valence-electron chi connectivity index (χ1n) is 7.51. The van der Waals surface area contributed by atoms with Gasteiger partial charge in [-0.3, -0.25) is 4.79 Å². The number of ether oxygens (including phenoxy) is 1. The Labute approximate surface area is 126 Å². The fourth-order valence-corrected chi connectivity index (χ4v) is 2.53. The lowest BCUT2D eigenvalue weighted by molar-refractivity contribution is -0.124. The van der Waals surface area contributed by atoms with Crippen LogP contribution in [0.3, 0.4) is 0 Å². The van der Waals surface area contributed by atoms with E-state index >= 15 is 0 Å². The molecule has 21 heavy (non-hydrogen) atoms. The highest BCUT2D eigenvalue weighted by Crippen LogP contribution is 2.49. The Bertz CT molecular complexity index is 523. The molecule has 1 aliphatic rings. The van der Waals surface area contributed by atoms with Crippen molar-refractivity contribution in [1.29, 1.82) is 0 Å². The Balaban J connectivity index is 2.17. The van der Waals surface area contributed by atoms with Crippen LogP contribution < -0.4 is 10.1 Å². The van der Waals surface area contributed by atoms with Crippen molar-refractivity contribution >= 4 is 5.91 Å². The van der Waals surface area contributed by atoms with E-state index in [0.717, 1.165) is 29.7 Å². The summed E-state index contributed by atoms with van der Waals surface area (Å²) in [5.74, 6) is 0.932. The summed E-state index contributed by atoms with van der Waals surface area (Å²) >= 11 is 0. The number of amides is 1. The molecule has 4 heteroatoms. The maximum Gasteiger partial charge on any atom is 0.230 e. The molecule has 2 N–H and O–H groups in total. The summed E-state index contributed by atoms with van der Waals surface area (Å²) in [6.45, 7) is 5.93. The van der Waals surface area contributed by atoms with E-state index in [9.17, 15) is 9.90 Å². The summed E-state index contributed by atoms with van der Waals surface area (Å²) in [5.41, 5.74) is 1.68. The van der Waals surface area contributed by atoms with Gasteiger partial charge in [0.05, 0.1) is 12.5 Å². The van der Waals surface area contributed by atoms with Gasteiger partial charge in [0.2, 0.25) is 5.91 Å². The first-order chi connectivity index (χ1) is 9.94. The summed E-state index contributed by atoms with van der Waals surface area (Å²) < 4.78 is 5.36. The van der Waals surface area contributed by atoms with Crippen LogP contribution in [0.5, 0.6) is 5.75 Å². The van der Waals surface area contributed by atoms with Crippen LogP contribution in [0.15, 0.2) is 18.2 Å². The summed E-state index contributed by atoms with van der Waals surface area (Å²) in [6.07, 6.45) is 1.73. The molecule has 2 rings (SSSR count). The molecule has 2 atom stereocenters. The van der Waals surface area contributed by atoms with E-state index in [-0.39, 0.29) is 24.5 Å². The van der Waals surface area contributed by atoms with Crippen LogP contribution >= 0.6 is 0 Å². The number of rotatable bonds is 6. The number of hydrogen-bond donors (Lipinski definition) is 2. The van der Waals surface area contributed by atoms with E-state index < -0.39 is 5.41 Å². The van der Waals surface area contributed by atoms with Crippen molar-refractivity contribution in [1.82, 2.24) is 5.32 Å².